The van der Waals surface area contributed by atoms with E-state index in [4.69, 9.17) is 10.2 Å². The first-order valence-electron chi connectivity index (χ1n) is 4.53. The van der Waals surface area contributed by atoms with Gasteiger partial charge in [-0.15, -0.1) is 0 Å². The summed E-state index contributed by atoms with van der Waals surface area (Å²) in [6.45, 7) is 0. The van der Waals surface area contributed by atoms with Gasteiger partial charge >= 0.3 is 0 Å². The number of furan rings is 1. The van der Waals surface area contributed by atoms with E-state index in [-0.39, 0.29) is 11.3 Å². The summed E-state index contributed by atoms with van der Waals surface area (Å²) in [5.74, 6) is -3.00. The van der Waals surface area contributed by atoms with Crippen molar-refractivity contribution >= 4 is 0 Å². The average molecular weight is 227 g/mol. The van der Waals surface area contributed by atoms with Crippen molar-refractivity contribution in [2.75, 3.05) is 0 Å². The maximum atomic E-state index is 13.3. The van der Waals surface area contributed by atoms with Gasteiger partial charge in [-0.1, -0.05) is 0 Å². The normalized spacial score (nSPS) is 12.8. The van der Waals surface area contributed by atoms with E-state index in [1.807, 2.05) is 0 Å². The van der Waals surface area contributed by atoms with Crippen LogP contribution in [0.1, 0.15) is 17.4 Å². The van der Waals surface area contributed by atoms with Crippen LogP contribution in [0.2, 0.25) is 0 Å². The van der Waals surface area contributed by atoms with Crippen LogP contribution in [0.5, 0.6) is 0 Å². The van der Waals surface area contributed by atoms with Crippen molar-refractivity contribution < 1.29 is 17.6 Å². The van der Waals surface area contributed by atoms with E-state index < -0.39 is 23.5 Å². The van der Waals surface area contributed by atoms with E-state index in [0.717, 1.165) is 6.07 Å². The molecule has 0 radical (unpaired) electrons. The Morgan fingerprint density at radius 2 is 1.75 bits per heavy atom. The van der Waals surface area contributed by atoms with Crippen molar-refractivity contribution in [1.29, 1.82) is 0 Å². The van der Waals surface area contributed by atoms with Gasteiger partial charge in [0, 0.05) is 11.6 Å². The van der Waals surface area contributed by atoms with Crippen LogP contribution in [-0.4, -0.2) is 0 Å². The molecule has 1 aromatic carbocycles. The molecule has 0 fully saturated rings. The predicted molar refractivity (Wildman–Crippen MR) is 51.1 cm³/mol. The minimum absolute atomic E-state index is 0.145. The van der Waals surface area contributed by atoms with Gasteiger partial charge in [-0.05, 0) is 18.2 Å². The van der Waals surface area contributed by atoms with Gasteiger partial charge < -0.3 is 10.2 Å². The van der Waals surface area contributed by atoms with Crippen LogP contribution < -0.4 is 5.73 Å². The lowest BCUT2D eigenvalue weighted by atomic mass is 10.0. The molecule has 1 atom stereocenters. The van der Waals surface area contributed by atoms with E-state index in [2.05, 4.69) is 0 Å². The highest BCUT2D eigenvalue weighted by Gasteiger charge is 2.18. The van der Waals surface area contributed by atoms with E-state index >= 15 is 0 Å². The Morgan fingerprint density at radius 1 is 1.06 bits per heavy atom. The molecule has 1 aromatic heterocycles. The first kappa shape index (κ1) is 10.8. The van der Waals surface area contributed by atoms with Gasteiger partial charge in [0.15, 0.2) is 11.6 Å². The van der Waals surface area contributed by atoms with Gasteiger partial charge in [0.05, 0.1) is 12.3 Å². The number of halogens is 3. The summed E-state index contributed by atoms with van der Waals surface area (Å²) < 4.78 is 43.9. The summed E-state index contributed by atoms with van der Waals surface area (Å²) >= 11 is 0. The third-order valence-electron chi connectivity index (χ3n) is 2.22. The highest BCUT2D eigenvalue weighted by molar-refractivity contribution is 5.28. The SMILES string of the molecule is NC(c1ccco1)c1cc(F)c(F)cc1F. The van der Waals surface area contributed by atoms with Crippen molar-refractivity contribution in [2.24, 2.45) is 5.73 Å². The Labute approximate surface area is 89.5 Å². The second-order valence-electron chi connectivity index (χ2n) is 3.28. The number of hydrogen-bond donors (Lipinski definition) is 1. The molecule has 0 spiro atoms. The molecular weight excluding hydrogens is 219 g/mol. The van der Waals surface area contributed by atoms with Crippen LogP contribution in [0.15, 0.2) is 34.9 Å². The van der Waals surface area contributed by atoms with Crippen molar-refractivity contribution in [3.63, 3.8) is 0 Å². The third-order valence-corrected chi connectivity index (χ3v) is 2.22. The Hall–Kier alpha value is -1.75. The summed E-state index contributed by atoms with van der Waals surface area (Å²) in [6.07, 6.45) is 1.37. The number of rotatable bonds is 2. The van der Waals surface area contributed by atoms with Crippen LogP contribution >= 0.6 is 0 Å². The maximum Gasteiger partial charge on any atom is 0.161 e. The van der Waals surface area contributed by atoms with Gasteiger partial charge in [-0.3, -0.25) is 0 Å². The molecule has 0 amide bonds. The number of hydrogen-bond acceptors (Lipinski definition) is 2. The van der Waals surface area contributed by atoms with E-state index in [1.54, 1.807) is 6.07 Å². The number of nitrogens with two attached hydrogens (primary N) is 1. The zero-order valence-electron chi connectivity index (χ0n) is 8.08. The van der Waals surface area contributed by atoms with Gasteiger partial charge in [-0.25, -0.2) is 13.2 Å². The lowest BCUT2D eigenvalue weighted by Crippen LogP contribution is -2.13. The predicted octanol–water partition coefficient (Wildman–Crippen LogP) is 2.75. The molecule has 2 aromatic rings. The number of benzene rings is 1. The molecule has 1 heterocycles. The second-order valence-corrected chi connectivity index (χ2v) is 3.28. The molecular formula is C11H8F3NO. The Kier molecular flexibility index (Phi) is 2.70. The molecule has 0 bridgehead atoms. The summed E-state index contributed by atoms with van der Waals surface area (Å²) in [5, 5.41) is 0. The van der Waals surface area contributed by atoms with Crippen LogP contribution in [0.25, 0.3) is 0 Å². The lowest BCUT2D eigenvalue weighted by Gasteiger charge is -2.10. The molecule has 0 aliphatic rings. The molecule has 5 heteroatoms. The fraction of sp³-hybridized carbons (Fsp3) is 0.0909. The second kappa shape index (κ2) is 4.02. The molecule has 0 saturated heterocycles. The van der Waals surface area contributed by atoms with Crippen LogP contribution in [-0.2, 0) is 0 Å². The molecule has 2 N–H and O–H groups in total. The first-order chi connectivity index (χ1) is 7.59. The largest absolute Gasteiger partial charge is 0.467 e. The highest BCUT2D eigenvalue weighted by Crippen LogP contribution is 2.24. The van der Waals surface area contributed by atoms with E-state index in [9.17, 15) is 13.2 Å². The molecule has 1 unspecified atom stereocenters. The molecule has 2 nitrogen and oxygen atoms in total. The Morgan fingerprint density at radius 3 is 2.38 bits per heavy atom. The van der Waals surface area contributed by atoms with Crippen LogP contribution in [0.4, 0.5) is 13.2 Å². The topological polar surface area (TPSA) is 39.2 Å². The first-order valence-corrected chi connectivity index (χ1v) is 4.53. The van der Waals surface area contributed by atoms with Gasteiger partial charge in [0.25, 0.3) is 0 Å². The van der Waals surface area contributed by atoms with Crippen LogP contribution in [0, 0.1) is 17.5 Å². The van der Waals surface area contributed by atoms with Crippen molar-refractivity contribution in [1.82, 2.24) is 0 Å². The zero-order chi connectivity index (χ0) is 11.7. The van der Waals surface area contributed by atoms with Crippen LogP contribution in [0.3, 0.4) is 0 Å². The minimum Gasteiger partial charge on any atom is -0.467 e. The molecule has 0 aliphatic heterocycles. The van der Waals surface area contributed by atoms with Crippen molar-refractivity contribution in [2.45, 2.75) is 6.04 Å². The molecule has 0 aliphatic carbocycles. The summed E-state index contributed by atoms with van der Waals surface area (Å²) in [7, 11) is 0. The summed E-state index contributed by atoms with van der Waals surface area (Å²) in [4.78, 5) is 0. The Balaban J connectivity index is 2.44. The fourth-order valence-electron chi connectivity index (χ4n) is 1.40. The zero-order valence-corrected chi connectivity index (χ0v) is 8.08. The quantitative estimate of drug-likeness (QED) is 0.801. The van der Waals surface area contributed by atoms with Gasteiger partial charge in [-0.2, -0.15) is 0 Å². The van der Waals surface area contributed by atoms with Crippen molar-refractivity contribution in [3.05, 3.63) is 59.3 Å². The maximum absolute atomic E-state index is 13.3. The lowest BCUT2D eigenvalue weighted by molar-refractivity contribution is 0.464. The Bertz CT molecular complexity index is 496. The van der Waals surface area contributed by atoms with Crippen molar-refractivity contribution in [3.8, 4) is 0 Å². The van der Waals surface area contributed by atoms with E-state index in [0.29, 0.717) is 6.07 Å². The van der Waals surface area contributed by atoms with E-state index in [1.165, 1.54) is 12.3 Å². The monoisotopic (exact) mass is 227 g/mol. The highest BCUT2D eigenvalue weighted by atomic mass is 19.2. The van der Waals surface area contributed by atoms with Gasteiger partial charge in [0.2, 0.25) is 0 Å². The summed E-state index contributed by atoms with van der Waals surface area (Å²) in [6, 6.07) is 3.36. The smallest absolute Gasteiger partial charge is 0.161 e. The standard InChI is InChI=1S/C11H8F3NO/c12-7-5-9(14)8(13)4-6(7)11(15)10-2-1-3-16-10/h1-5,11H,15H2. The van der Waals surface area contributed by atoms with Gasteiger partial charge in [0.1, 0.15) is 11.6 Å². The molecule has 0 saturated carbocycles. The average Bonchev–Trinajstić information content (AvgIpc) is 2.75. The molecule has 84 valence electrons. The minimum atomic E-state index is -1.24. The molecule has 2 rings (SSSR count). The fourth-order valence-corrected chi connectivity index (χ4v) is 1.40. The molecule has 16 heavy (non-hydrogen) atoms. The summed E-state index contributed by atoms with van der Waals surface area (Å²) in [5.41, 5.74) is 5.51. The third kappa shape index (κ3) is 1.81.